The Kier molecular flexibility index (Phi) is 5.37. The summed E-state index contributed by atoms with van der Waals surface area (Å²) in [5.74, 6) is -3.57. The maximum Gasteiger partial charge on any atom is 0.332 e. The molecule has 6 heteroatoms. The van der Waals surface area contributed by atoms with Crippen molar-refractivity contribution in [1.29, 1.82) is 0 Å². The molecule has 0 rings (SSSR count). The number of ether oxygens (including phenoxy) is 1. The van der Waals surface area contributed by atoms with Crippen LogP contribution in [0.25, 0.3) is 0 Å². The molecular formula is C11H16O6. The highest BCUT2D eigenvalue weighted by atomic mass is 16.5. The van der Waals surface area contributed by atoms with Gasteiger partial charge >= 0.3 is 17.9 Å². The Morgan fingerprint density at radius 3 is 2.06 bits per heavy atom. The van der Waals surface area contributed by atoms with Crippen LogP contribution in [-0.2, 0) is 19.1 Å². The summed E-state index contributed by atoms with van der Waals surface area (Å²) in [7, 11) is 0. The minimum atomic E-state index is -1.81. The molecule has 1 atom stereocenters. The number of carbonyl (C=O) groups is 3. The first-order chi connectivity index (χ1) is 7.81. The minimum absolute atomic E-state index is 0.0493. The summed E-state index contributed by atoms with van der Waals surface area (Å²) in [5, 5.41) is 18.0. The van der Waals surface area contributed by atoms with E-state index in [1.165, 1.54) is 6.92 Å². The van der Waals surface area contributed by atoms with E-state index in [9.17, 15) is 14.4 Å². The number of carbonyl (C=O) groups excluding carboxylic acids is 1. The first-order valence-corrected chi connectivity index (χ1v) is 5.13. The quantitative estimate of drug-likeness (QED) is 0.513. The molecule has 0 aliphatic rings. The third kappa shape index (κ3) is 3.30. The van der Waals surface area contributed by atoms with E-state index in [-0.39, 0.29) is 13.0 Å². The summed E-state index contributed by atoms with van der Waals surface area (Å²) in [6.07, 6.45) is -0.579. The zero-order chi connectivity index (χ0) is 13.6. The molecule has 0 spiro atoms. The van der Waals surface area contributed by atoms with E-state index in [0.717, 1.165) is 0 Å². The van der Waals surface area contributed by atoms with Crippen LogP contribution in [0.15, 0.2) is 12.2 Å². The highest BCUT2D eigenvalue weighted by molar-refractivity contribution is 5.98. The number of aliphatic carboxylic acids is 2. The van der Waals surface area contributed by atoms with Gasteiger partial charge in [-0.1, -0.05) is 13.5 Å². The van der Waals surface area contributed by atoms with Gasteiger partial charge in [0.05, 0.1) is 13.0 Å². The predicted molar refractivity (Wildman–Crippen MR) is 58.4 cm³/mol. The van der Waals surface area contributed by atoms with Gasteiger partial charge in [0.25, 0.3) is 0 Å². The van der Waals surface area contributed by atoms with Crippen LogP contribution >= 0.6 is 0 Å². The molecule has 0 aromatic heterocycles. The Hall–Kier alpha value is -1.85. The maximum atomic E-state index is 11.3. The molecule has 0 aromatic carbocycles. The van der Waals surface area contributed by atoms with Gasteiger partial charge in [0, 0.05) is 5.57 Å². The molecule has 0 radical (unpaired) electrons. The van der Waals surface area contributed by atoms with E-state index in [1.807, 2.05) is 0 Å². The van der Waals surface area contributed by atoms with Crippen molar-refractivity contribution in [2.24, 2.45) is 5.41 Å². The lowest BCUT2D eigenvalue weighted by molar-refractivity contribution is -0.157. The van der Waals surface area contributed by atoms with Crippen molar-refractivity contribution < 1.29 is 29.3 Å². The summed E-state index contributed by atoms with van der Waals surface area (Å²) in [6, 6.07) is 0. The summed E-state index contributed by atoms with van der Waals surface area (Å²) in [6.45, 7) is 6.42. The van der Waals surface area contributed by atoms with E-state index in [1.54, 1.807) is 6.92 Å². The third-order valence-electron chi connectivity index (χ3n) is 2.60. The Labute approximate surface area is 98.9 Å². The lowest BCUT2D eigenvalue weighted by Gasteiger charge is -2.26. The number of carboxylic acids is 2. The van der Waals surface area contributed by atoms with E-state index in [2.05, 4.69) is 11.3 Å². The minimum Gasteiger partial charge on any atom is -0.481 e. The topological polar surface area (TPSA) is 101 Å². The number of carboxylic acid groups (broad SMARTS) is 2. The first-order valence-electron chi connectivity index (χ1n) is 5.13. The van der Waals surface area contributed by atoms with Gasteiger partial charge in [-0.05, 0) is 13.3 Å². The third-order valence-corrected chi connectivity index (χ3v) is 2.60. The molecule has 0 aliphatic heterocycles. The van der Waals surface area contributed by atoms with Gasteiger partial charge in [-0.2, -0.15) is 0 Å². The fourth-order valence-electron chi connectivity index (χ4n) is 1.46. The molecule has 0 saturated heterocycles. The molecular weight excluding hydrogens is 228 g/mol. The van der Waals surface area contributed by atoms with E-state index in [4.69, 9.17) is 10.2 Å². The van der Waals surface area contributed by atoms with Crippen molar-refractivity contribution in [3.8, 4) is 0 Å². The molecule has 0 aromatic rings. The zero-order valence-electron chi connectivity index (χ0n) is 9.86. The summed E-state index contributed by atoms with van der Waals surface area (Å²) in [5.41, 5.74) is -2.32. The first kappa shape index (κ1) is 15.2. The van der Waals surface area contributed by atoms with Crippen molar-refractivity contribution in [2.45, 2.75) is 26.7 Å². The second-order valence-corrected chi connectivity index (χ2v) is 3.51. The number of esters is 1. The highest BCUT2D eigenvalue weighted by Crippen LogP contribution is 2.35. The van der Waals surface area contributed by atoms with Gasteiger partial charge in [0.2, 0.25) is 0 Å². The lowest BCUT2D eigenvalue weighted by Crippen LogP contribution is -2.38. The van der Waals surface area contributed by atoms with Gasteiger partial charge in [-0.25, -0.2) is 4.79 Å². The van der Waals surface area contributed by atoms with E-state index >= 15 is 0 Å². The second kappa shape index (κ2) is 6.03. The molecule has 1 unspecified atom stereocenters. The van der Waals surface area contributed by atoms with E-state index < -0.39 is 35.3 Å². The van der Waals surface area contributed by atoms with Crippen molar-refractivity contribution in [3.05, 3.63) is 12.2 Å². The number of rotatable bonds is 7. The van der Waals surface area contributed by atoms with Crippen LogP contribution in [0.1, 0.15) is 26.7 Å². The molecule has 17 heavy (non-hydrogen) atoms. The van der Waals surface area contributed by atoms with E-state index in [0.29, 0.717) is 0 Å². The standard InChI is InChI=1S/C11H16O6/c1-4-11(10(15)16,7(3)9(13)14)6-8(12)17-5-2/h3-6H2,1-2H3,(H,13,14)(H,15,16). The second-order valence-electron chi connectivity index (χ2n) is 3.51. The van der Waals surface area contributed by atoms with Gasteiger partial charge in [0.15, 0.2) is 0 Å². The summed E-state index contributed by atoms with van der Waals surface area (Å²) >= 11 is 0. The van der Waals surface area contributed by atoms with Crippen LogP contribution in [0.3, 0.4) is 0 Å². The molecule has 0 fully saturated rings. The highest BCUT2D eigenvalue weighted by Gasteiger charge is 2.45. The average molecular weight is 244 g/mol. The molecule has 0 saturated carbocycles. The van der Waals surface area contributed by atoms with Gasteiger partial charge in [-0.3, -0.25) is 9.59 Å². The zero-order valence-corrected chi connectivity index (χ0v) is 9.86. The van der Waals surface area contributed by atoms with Crippen LogP contribution in [0.2, 0.25) is 0 Å². The maximum absolute atomic E-state index is 11.3. The Bertz CT molecular complexity index is 346. The smallest absolute Gasteiger partial charge is 0.332 e. The predicted octanol–water partition coefficient (Wildman–Crippen LogP) is 1.06. The van der Waals surface area contributed by atoms with Gasteiger partial charge in [0.1, 0.15) is 5.41 Å². The van der Waals surface area contributed by atoms with Crippen LogP contribution in [0.4, 0.5) is 0 Å². The average Bonchev–Trinajstić information content (AvgIpc) is 2.24. The van der Waals surface area contributed by atoms with Crippen molar-refractivity contribution in [1.82, 2.24) is 0 Å². The Balaban J connectivity index is 5.23. The normalized spacial score (nSPS) is 13.5. The molecule has 0 bridgehead atoms. The summed E-state index contributed by atoms with van der Waals surface area (Å²) in [4.78, 5) is 33.4. The van der Waals surface area contributed by atoms with Crippen molar-refractivity contribution in [2.75, 3.05) is 6.61 Å². The molecule has 0 heterocycles. The molecule has 0 amide bonds. The fourth-order valence-corrected chi connectivity index (χ4v) is 1.46. The molecule has 0 aliphatic carbocycles. The van der Waals surface area contributed by atoms with Crippen molar-refractivity contribution in [3.63, 3.8) is 0 Å². The van der Waals surface area contributed by atoms with Crippen molar-refractivity contribution >= 4 is 17.9 Å². The van der Waals surface area contributed by atoms with Crippen LogP contribution in [0, 0.1) is 5.41 Å². The Morgan fingerprint density at radius 1 is 1.24 bits per heavy atom. The number of hydrogen-bond donors (Lipinski definition) is 2. The van der Waals surface area contributed by atoms with Crippen LogP contribution in [0.5, 0.6) is 0 Å². The van der Waals surface area contributed by atoms with Crippen LogP contribution < -0.4 is 0 Å². The lowest BCUT2D eigenvalue weighted by atomic mass is 9.75. The molecule has 6 nitrogen and oxygen atoms in total. The monoisotopic (exact) mass is 244 g/mol. The number of hydrogen-bond acceptors (Lipinski definition) is 4. The Morgan fingerprint density at radius 2 is 1.76 bits per heavy atom. The SMILES string of the molecule is C=C(C(=O)O)C(CC)(CC(=O)OCC)C(=O)O. The fraction of sp³-hybridized carbons (Fsp3) is 0.545. The largest absolute Gasteiger partial charge is 0.481 e. The van der Waals surface area contributed by atoms with Gasteiger partial charge < -0.3 is 14.9 Å². The van der Waals surface area contributed by atoms with Crippen LogP contribution in [-0.4, -0.2) is 34.7 Å². The molecule has 96 valence electrons. The molecule has 2 N–H and O–H groups in total. The summed E-state index contributed by atoms with van der Waals surface area (Å²) < 4.78 is 4.64. The van der Waals surface area contributed by atoms with Gasteiger partial charge in [-0.15, -0.1) is 0 Å².